The number of hydrogen-bond donors (Lipinski definition) is 1. The fourth-order valence-electron chi connectivity index (χ4n) is 3.36. The molecule has 3 heterocycles. The second-order valence-corrected chi connectivity index (χ2v) is 7.07. The SMILES string of the molecule is COCCNC(=NCc1nnc(C)n1C)N1CCC(C)C(n2ccnc2)C1.I. The summed E-state index contributed by atoms with van der Waals surface area (Å²) >= 11 is 0. The Kier molecular flexibility index (Phi) is 8.67. The number of aryl methyl sites for hydroxylation is 1. The van der Waals surface area contributed by atoms with Crippen LogP contribution in [0.1, 0.15) is 31.0 Å². The van der Waals surface area contributed by atoms with Gasteiger partial charge in [0.05, 0.1) is 19.0 Å². The predicted molar refractivity (Wildman–Crippen MR) is 119 cm³/mol. The fourth-order valence-corrected chi connectivity index (χ4v) is 3.36. The van der Waals surface area contributed by atoms with Gasteiger partial charge in [-0.05, 0) is 19.3 Å². The van der Waals surface area contributed by atoms with Crippen molar-refractivity contribution in [3.8, 4) is 0 Å². The molecule has 2 atom stereocenters. The third-order valence-electron chi connectivity index (χ3n) is 5.27. The van der Waals surface area contributed by atoms with Crippen LogP contribution in [0.2, 0.25) is 0 Å². The predicted octanol–water partition coefficient (Wildman–Crippen LogP) is 1.61. The number of nitrogens with zero attached hydrogens (tertiary/aromatic N) is 7. The number of hydrogen-bond acceptors (Lipinski definition) is 5. The number of rotatable bonds is 6. The van der Waals surface area contributed by atoms with E-state index in [0.717, 1.165) is 43.7 Å². The Labute approximate surface area is 183 Å². The number of halogens is 1. The highest BCUT2D eigenvalue weighted by atomic mass is 127. The Morgan fingerprint density at radius 1 is 1.39 bits per heavy atom. The Hall–Kier alpha value is -1.69. The number of nitrogens with one attached hydrogen (secondary N) is 1. The molecule has 1 saturated heterocycles. The second-order valence-electron chi connectivity index (χ2n) is 7.07. The standard InChI is InChI=1S/C18H30N8O.HI/c1-14-5-8-25(12-16(14)26-9-6-19-13-26)18(20-7-10-27-4)21-11-17-23-22-15(2)24(17)3;/h6,9,13-14,16H,5,7-8,10-12H2,1-4H3,(H,20,21);1H. The zero-order valence-electron chi connectivity index (χ0n) is 17.1. The Morgan fingerprint density at radius 2 is 2.21 bits per heavy atom. The van der Waals surface area contributed by atoms with Crippen LogP contribution in [-0.2, 0) is 18.3 Å². The van der Waals surface area contributed by atoms with E-state index in [4.69, 9.17) is 9.73 Å². The summed E-state index contributed by atoms with van der Waals surface area (Å²) in [5.74, 6) is 3.23. The average molecular weight is 502 g/mol. The van der Waals surface area contributed by atoms with Crippen molar-refractivity contribution in [2.24, 2.45) is 18.0 Å². The molecule has 1 aliphatic heterocycles. The first-order valence-corrected chi connectivity index (χ1v) is 9.44. The van der Waals surface area contributed by atoms with Gasteiger partial charge in [0.25, 0.3) is 0 Å². The van der Waals surface area contributed by atoms with E-state index < -0.39 is 0 Å². The largest absolute Gasteiger partial charge is 0.383 e. The molecule has 1 fully saturated rings. The van der Waals surface area contributed by atoms with Gasteiger partial charge in [0.2, 0.25) is 0 Å². The van der Waals surface area contributed by atoms with Gasteiger partial charge in [0.1, 0.15) is 12.4 Å². The fraction of sp³-hybridized carbons (Fsp3) is 0.667. The van der Waals surface area contributed by atoms with Crippen molar-refractivity contribution >= 4 is 29.9 Å². The molecule has 2 aromatic rings. The molecule has 0 bridgehead atoms. The van der Waals surface area contributed by atoms with Gasteiger partial charge in [-0.25, -0.2) is 9.98 Å². The normalized spacial score (nSPS) is 20.1. The van der Waals surface area contributed by atoms with Crippen LogP contribution in [0.4, 0.5) is 0 Å². The minimum atomic E-state index is 0. The summed E-state index contributed by atoms with van der Waals surface area (Å²) in [6.45, 7) is 7.97. The summed E-state index contributed by atoms with van der Waals surface area (Å²) in [5, 5.41) is 11.8. The molecule has 156 valence electrons. The van der Waals surface area contributed by atoms with E-state index >= 15 is 0 Å². The molecule has 1 N–H and O–H groups in total. The summed E-state index contributed by atoms with van der Waals surface area (Å²) in [6, 6.07) is 0.382. The van der Waals surface area contributed by atoms with E-state index in [1.54, 1.807) is 7.11 Å². The van der Waals surface area contributed by atoms with Gasteiger partial charge in [-0.15, -0.1) is 34.2 Å². The molecular formula is C18H31IN8O. The van der Waals surface area contributed by atoms with Crippen molar-refractivity contribution in [3.63, 3.8) is 0 Å². The van der Waals surface area contributed by atoms with E-state index in [0.29, 0.717) is 25.1 Å². The summed E-state index contributed by atoms with van der Waals surface area (Å²) < 4.78 is 9.37. The topological polar surface area (TPSA) is 85.4 Å². The highest BCUT2D eigenvalue weighted by molar-refractivity contribution is 14.0. The molecule has 1 aliphatic rings. The molecule has 0 spiro atoms. The van der Waals surface area contributed by atoms with Crippen molar-refractivity contribution in [1.29, 1.82) is 0 Å². The Morgan fingerprint density at radius 3 is 2.86 bits per heavy atom. The number of methoxy groups -OCH3 is 1. The molecule has 0 aliphatic carbocycles. The third-order valence-corrected chi connectivity index (χ3v) is 5.27. The quantitative estimate of drug-likeness (QED) is 0.280. The molecule has 2 aromatic heterocycles. The Balaban J connectivity index is 0.00000280. The molecule has 0 saturated carbocycles. The molecule has 0 amide bonds. The van der Waals surface area contributed by atoms with Gasteiger partial charge in [-0.2, -0.15) is 0 Å². The van der Waals surface area contributed by atoms with Crippen molar-refractivity contribution in [3.05, 3.63) is 30.4 Å². The third kappa shape index (κ3) is 5.43. The van der Waals surface area contributed by atoms with Crippen LogP contribution in [0.3, 0.4) is 0 Å². The van der Waals surface area contributed by atoms with Gasteiger partial charge < -0.3 is 24.1 Å². The van der Waals surface area contributed by atoms with Crippen LogP contribution in [0.5, 0.6) is 0 Å². The minimum absolute atomic E-state index is 0. The van der Waals surface area contributed by atoms with Gasteiger partial charge in [-0.1, -0.05) is 6.92 Å². The molecule has 0 radical (unpaired) electrons. The van der Waals surface area contributed by atoms with Gasteiger partial charge in [0, 0.05) is 46.2 Å². The molecule has 3 rings (SSSR count). The maximum atomic E-state index is 5.19. The first kappa shape index (κ1) is 22.6. The van der Waals surface area contributed by atoms with Crippen LogP contribution in [-0.4, -0.2) is 68.5 Å². The lowest BCUT2D eigenvalue weighted by molar-refractivity contribution is 0.182. The highest BCUT2D eigenvalue weighted by Gasteiger charge is 2.29. The molecule has 9 nitrogen and oxygen atoms in total. The number of aromatic nitrogens is 5. The first-order valence-electron chi connectivity index (χ1n) is 9.44. The van der Waals surface area contributed by atoms with E-state index in [2.05, 4.69) is 36.9 Å². The number of ether oxygens (including phenoxy) is 1. The van der Waals surface area contributed by atoms with Crippen LogP contribution >= 0.6 is 24.0 Å². The van der Waals surface area contributed by atoms with Crippen molar-refractivity contribution in [1.82, 2.24) is 34.5 Å². The number of piperidine rings is 1. The van der Waals surface area contributed by atoms with Crippen molar-refractivity contribution in [2.45, 2.75) is 32.9 Å². The lowest BCUT2D eigenvalue weighted by Gasteiger charge is -2.39. The van der Waals surface area contributed by atoms with Crippen LogP contribution in [0.15, 0.2) is 23.7 Å². The zero-order valence-corrected chi connectivity index (χ0v) is 19.4. The molecule has 10 heteroatoms. The highest BCUT2D eigenvalue weighted by Crippen LogP contribution is 2.27. The maximum absolute atomic E-state index is 5.19. The lowest BCUT2D eigenvalue weighted by Crippen LogP contribution is -2.49. The van der Waals surface area contributed by atoms with Crippen LogP contribution < -0.4 is 5.32 Å². The lowest BCUT2D eigenvalue weighted by atomic mass is 9.93. The van der Waals surface area contributed by atoms with Gasteiger partial charge in [0.15, 0.2) is 11.8 Å². The monoisotopic (exact) mass is 502 g/mol. The first-order chi connectivity index (χ1) is 13.1. The molecular weight excluding hydrogens is 471 g/mol. The van der Waals surface area contributed by atoms with E-state index in [1.807, 2.05) is 37.3 Å². The molecule has 2 unspecified atom stereocenters. The summed E-state index contributed by atoms with van der Waals surface area (Å²) in [7, 11) is 3.67. The zero-order chi connectivity index (χ0) is 19.2. The number of guanidine groups is 1. The van der Waals surface area contributed by atoms with Crippen LogP contribution in [0, 0.1) is 12.8 Å². The summed E-state index contributed by atoms with van der Waals surface area (Å²) in [4.78, 5) is 11.4. The van der Waals surface area contributed by atoms with Crippen LogP contribution in [0.25, 0.3) is 0 Å². The Bertz CT molecular complexity index is 745. The maximum Gasteiger partial charge on any atom is 0.194 e. The van der Waals surface area contributed by atoms with Crippen molar-refractivity contribution < 1.29 is 4.74 Å². The van der Waals surface area contributed by atoms with Crippen molar-refractivity contribution in [2.75, 3.05) is 33.4 Å². The van der Waals surface area contributed by atoms with E-state index in [9.17, 15) is 0 Å². The average Bonchev–Trinajstić information content (AvgIpc) is 3.30. The van der Waals surface area contributed by atoms with Gasteiger partial charge in [-0.3, -0.25) is 0 Å². The molecule has 0 aromatic carbocycles. The summed E-state index contributed by atoms with van der Waals surface area (Å²) in [6.07, 6.45) is 6.90. The molecule has 28 heavy (non-hydrogen) atoms. The minimum Gasteiger partial charge on any atom is -0.383 e. The summed E-state index contributed by atoms with van der Waals surface area (Å²) in [5.41, 5.74) is 0. The number of imidazole rings is 1. The number of aliphatic imine (C=N–C) groups is 1. The second kappa shape index (κ2) is 10.7. The van der Waals surface area contributed by atoms with E-state index in [1.165, 1.54) is 0 Å². The number of likely N-dealkylation sites (tertiary alicyclic amines) is 1. The van der Waals surface area contributed by atoms with Gasteiger partial charge >= 0.3 is 0 Å². The smallest absolute Gasteiger partial charge is 0.194 e. The van der Waals surface area contributed by atoms with E-state index in [-0.39, 0.29) is 24.0 Å².